The summed E-state index contributed by atoms with van der Waals surface area (Å²) < 4.78 is 9.26. The van der Waals surface area contributed by atoms with Gasteiger partial charge in [-0.15, -0.1) is 0 Å². The third-order valence-corrected chi connectivity index (χ3v) is 12.9. The minimum absolute atomic E-state index is 0.905. The van der Waals surface area contributed by atoms with E-state index in [0.717, 1.165) is 66.9 Å². The lowest BCUT2D eigenvalue weighted by Gasteiger charge is -2.27. The van der Waals surface area contributed by atoms with Crippen molar-refractivity contribution in [1.82, 2.24) is 4.57 Å². The van der Waals surface area contributed by atoms with Crippen molar-refractivity contribution in [2.45, 2.75) is 0 Å². The van der Waals surface area contributed by atoms with E-state index < -0.39 is 0 Å². The van der Waals surface area contributed by atoms with Crippen LogP contribution in [-0.2, 0) is 0 Å². The SMILES string of the molecule is c1ccc(-c2ccc(N(c3ccccc3)c3cc(-c4ccccc4)cc(-c4ccc5c(c4)c4cccc6c4n5-c4ccccc4-c4ccc5c(oc7ccccc75)c4-6)c3)cc2)cc1. The Morgan fingerprint density at radius 2 is 0.937 bits per heavy atom. The summed E-state index contributed by atoms with van der Waals surface area (Å²) >= 11 is 0. The van der Waals surface area contributed by atoms with Gasteiger partial charge in [0.25, 0.3) is 0 Å². The fourth-order valence-electron chi connectivity index (χ4n) is 10.0. The number of rotatable bonds is 6. The van der Waals surface area contributed by atoms with E-state index in [1.54, 1.807) is 0 Å². The van der Waals surface area contributed by atoms with Crippen LogP contribution < -0.4 is 4.90 Å². The van der Waals surface area contributed by atoms with E-state index in [1.807, 2.05) is 0 Å². The number of benzene rings is 10. The normalized spacial score (nSPS) is 11.8. The topological polar surface area (TPSA) is 21.3 Å². The van der Waals surface area contributed by atoms with E-state index in [4.69, 9.17) is 4.42 Å². The molecule has 1 aliphatic heterocycles. The Hall–Kier alpha value is -8.40. The summed E-state index contributed by atoms with van der Waals surface area (Å²) in [5.74, 6) is 0. The molecule has 3 nitrogen and oxygen atoms in total. The fraction of sp³-hybridized carbons (Fsp3) is 0. The minimum atomic E-state index is 0.905. The molecule has 3 heterocycles. The Balaban J connectivity index is 1.03. The number of hydrogen-bond acceptors (Lipinski definition) is 2. The third-order valence-electron chi connectivity index (χ3n) is 12.9. The zero-order chi connectivity index (χ0) is 41.4. The van der Waals surface area contributed by atoms with E-state index in [-0.39, 0.29) is 0 Å². The maximum Gasteiger partial charge on any atom is 0.143 e. The molecule has 1 aliphatic rings. The number of furan rings is 1. The van der Waals surface area contributed by atoms with Gasteiger partial charge in [-0.2, -0.15) is 0 Å². The number of aromatic nitrogens is 1. The second-order valence-corrected chi connectivity index (χ2v) is 16.5. The molecule has 0 saturated carbocycles. The number of nitrogens with zero attached hydrogens (tertiary/aromatic N) is 2. The van der Waals surface area contributed by atoms with Gasteiger partial charge >= 0.3 is 0 Å². The van der Waals surface area contributed by atoms with Crippen molar-refractivity contribution < 1.29 is 4.42 Å². The van der Waals surface area contributed by atoms with Crippen LogP contribution in [-0.4, -0.2) is 4.57 Å². The number of fused-ring (bicyclic) bond motifs is 12. The summed E-state index contributed by atoms with van der Waals surface area (Å²) in [4.78, 5) is 2.38. The molecular weight excluding hydrogens is 765 g/mol. The van der Waals surface area contributed by atoms with Crippen LogP contribution in [0.3, 0.4) is 0 Å². The largest absolute Gasteiger partial charge is 0.455 e. The second kappa shape index (κ2) is 14.1. The molecule has 0 unspecified atom stereocenters. The average molecular weight is 803 g/mol. The fourth-order valence-corrected chi connectivity index (χ4v) is 10.0. The van der Waals surface area contributed by atoms with Gasteiger partial charge in [-0.3, -0.25) is 0 Å². The quantitative estimate of drug-likeness (QED) is 0.167. The highest BCUT2D eigenvalue weighted by Crippen LogP contribution is 2.51. The first-order valence-corrected chi connectivity index (χ1v) is 21.6. The standard InChI is InChI=1S/C60H38N2O/c1-4-15-39(16-5-1)41-27-30-46(31-28-41)61(45-19-8-3-9-20-45)47-36-43(40-17-6-2-7-18-40)35-44(37-47)42-29-34-56-54(38-42)51-23-14-24-53-58-50(48-21-10-12-25-55(48)62(56)59(51)53)32-33-52-49-22-11-13-26-57(49)63-60(52)58/h1-38H. The first-order valence-electron chi connectivity index (χ1n) is 21.6. The van der Waals surface area contributed by atoms with Crippen molar-refractivity contribution in [2.24, 2.45) is 0 Å². The lowest BCUT2D eigenvalue weighted by Crippen LogP contribution is -2.10. The van der Waals surface area contributed by atoms with E-state index in [2.05, 4.69) is 240 Å². The zero-order valence-corrected chi connectivity index (χ0v) is 34.2. The highest BCUT2D eigenvalue weighted by Gasteiger charge is 2.28. The van der Waals surface area contributed by atoms with Crippen molar-refractivity contribution in [2.75, 3.05) is 4.90 Å². The maximum absolute atomic E-state index is 6.77. The molecule has 0 fully saturated rings. The lowest BCUT2D eigenvalue weighted by molar-refractivity contribution is 0.670. The van der Waals surface area contributed by atoms with Crippen molar-refractivity contribution in [3.63, 3.8) is 0 Å². The van der Waals surface area contributed by atoms with Gasteiger partial charge in [0.1, 0.15) is 11.2 Å². The maximum atomic E-state index is 6.77. The van der Waals surface area contributed by atoms with Crippen LogP contribution >= 0.6 is 0 Å². The Morgan fingerprint density at radius 3 is 1.73 bits per heavy atom. The average Bonchev–Trinajstić information content (AvgIpc) is 3.86. The van der Waals surface area contributed by atoms with Crippen LogP contribution in [0.5, 0.6) is 0 Å². The van der Waals surface area contributed by atoms with E-state index >= 15 is 0 Å². The number of hydrogen-bond donors (Lipinski definition) is 0. The molecule has 0 N–H and O–H groups in total. The molecule has 3 heteroatoms. The summed E-state index contributed by atoms with van der Waals surface area (Å²) in [6.07, 6.45) is 0. The van der Waals surface area contributed by atoms with Crippen LogP contribution in [0.2, 0.25) is 0 Å². The smallest absolute Gasteiger partial charge is 0.143 e. The van der Waals surface area contributed by atoms with Crippen LogP contribution in [0.15, 0.2) is 235 Å². The highest BCUT2D eigenvalue weighted by molar-refractivity contribution is 6.21. The zero-order valence-electron chi connectivity index (χ0n) is 34.2. The summed E-state index contributed by atoms with van der Waals surface area (Å²) in [6.45, 7) is 0. The monoisotopic (exact) mass is 802 g/mol. The molecule has 0 aliphatic carbocycles. The second-order valence-electron chi connectivity index (χ2n) is 16.5. The molecule has 2 aromatic heterocycles. The molecule has 0 radical (unpaired) electrons. The van der Waals surface area contributed by atoms with Crippen LogP contribution in [0.1, 0.15) is 0 Å². The molecule has 63 heavy (non-hydrogen) atoms. The molecule has 0 amide bonds. The predicted molar refractivity (Wildman–Crippen MR) is 263 cm³/mol. The predicted octanol–water partition coefficient (Wildman–Crippen LogP) is 16.8. The van der Waals surface area contributed by atoms with Gasteiger partial charge in [0.05, 0.1) is 16.7 Å². The van der Waals surface area contributed by atoms with Gasteiger partial charge in [-0.05, 0) is 112 Å². The Morgan fingerprint density at radius 1 is 0.333 bits per heavy atom. The molecule has 13 rings (SSSR count). The van der Waals surface area contributed by atoms with Gasteiger partial charge in [-0.1, -0.05) is 158 Å². The van der Waals surface area contributed by atoms with Gasteiger partial charge in [0.15, 0.2) is 0 Å². The minimum Gasteiger partial charge on any atom is -0.455 e. The van der Waals surface area contributed by atoms with Crippen LogP contribution in [0.25, 0.3) is 105 Å². The van der Waals surface area contributed by atoms with Crippen molar-refractivity contribution in [3.05, 3.63) is 231 Å². The van der Waals surface area contributed by atoms with E-state index in [9.17, 15) is 0 Å². The molecule has 294 valence electrons. The third kappa shape index (κ3) is 5.60. The van der Waals surface area contributed by atoms with Gasteiger partial charge < -0.3 is 13.9 Å². The lowest BCUT2D eigenvalue weighted by atomic mass is 9.91. The molecule has 0 bridgehead atoms. The Labute approximate surface area is 365 Å². The first-order chi connectivity index (χ1) is 31.2. The van der Waals surface area contributed by atoms with Crippen LogP contribution in [0.4, 0.5) is 17.1 Å². The Bertz CT molecular complexity index is 3710. The number of para-hydroxylation sites is 4. The molecular formula is C60H38N2O. The number of anilines is 3. The van der Waals surface area contributed by atoms with Gasteiger partial charge in [0.2, 0.25) is 0 Å². The molecule has 10 aromatic carbocycles. The summed E-state index contributed by atoms with van der Waals surface area (Å²) in [5.41, 5.74) is 20.3. The van der Waals surface area contributed by atoms with E-state index in [0.29, 0.717) is 0 Å². The van der Waals surface area contributed by atoms with Crippen molar-refractivity contribution in [3.8, 4) is 61.3 Å². The van der Waals surface area contributed by atoms with Gasteiger partial charge in [-0.25, -0.2) is 0 Å². The van der Waals surface area contributed by atoms with Crippen molar-refractivity contribution >= 4 is 60.8 Å². The van der Waals surface area contributed by atoms with E-state index in [1.165, 1.54) is 55.2 Å². The summed E-state index contributed by atoms with van der Waals surface area (Å²) in [6, 6.07) is 83.5. The van der Waals surface area contributed by atoms with Crippen molar-refractivity contribution in [1.29, 1.82) is 0 Å². The highest BCUT2D eigenvalue weighted by atomic mass is 16.3. The molecule has 12 aromatic rings. The van der Waals surface area contributed by atoms with Gasteiger partial charge in [0, 0.05) is 55.3 Å². The first kappa shape index (κ1) is 35.4. The summed E-state index contributed by atoms with van der Waals surface area (Å²) in [5, 5.41) is 4.69. The molecule has 0 atom stereocenters. The van der Waals surface area contributed by atoms with Crippen LogP contribution in [0, 0.1) is 0 Å². The summed E-state index contributed by atoms with van der Waals surface area (Å²) in [7, 11) is 0. The Kier molecular flexibility index (Phi) is 7.91. The molecule has 0 spiro atoms. The molecule has 0 saturated heterocycles.